The highest BCUT2D eigenvalue weighted by atomic mass is 31.2. The number of hydrogen-bond donors (Lipinski definition) is 8. The summed E-state index contributed by atoms with van der Waals surface area (Å²) in [7, 11) is -10.7. The van der Waals surface area contributed by atoms with Crippen molar-refractivity contribution in [1.29, 1.82) is 0 Å². The van der Waals surface area contributed by atoms with E-state index in [0.717, 1.165) is 32.1 Å². The second kappa shape index (κ2) is 37.1. The van der Waals surface area contributed by atoms with Crippen molar-refractivity contribution in [2.45, 2.75) is 185 Å². The molecule has 0 radical (unpaired) electrons. The molecule has 378 valence electrons. The summed E-state index contributed by atoms with van der Waals surface area (Å²) in [6.45, 7) is 2.87. The Morgan fingerprint density at radius 1 is 0.561 bits per heavy atom. The lowest BCUT2D eigenvalue weighted by Crippen LogP contribution is -2.64. The number of carbonyl (C=O) groups excluding carboxylic acids is 2. The standard InChI is InChI=1S/C47H78O17P2/c1-3-5-7-9-11-13-14-15-16-17-18-20-22-26-31-35-41(50)62-39(37-61-66(58,59)64-47-44(53)42(51)43(52)46(45(47)54)63-65(55,56)57)36-60-40(49)34-30-27-23-25-29-33-38(48)32-28-24-21-19-12-10-8-6-4-2/h11-13,15-16,18-20,23-25,28-29,33,38-39,42-48,51-54H,3-10,14,17,21-22,26-27,30-32,34-37H2,1-2H3,(H,58,59)(H2,55,56,57)/b13-11-,16-15-,19-12-,20-18-,25-23+,28-24-,33-29-/t38?,39-,42?,43?,44?,45?,46-,47+/m1/s1. The summed E-state index contributed by atoms with van der Waals surface area (Å²) in [4.78, 5) is 54.2. The molecule has 1 saturated carbocycles. The van der Waals surface area contributed by atoms with Gasteiger partial charge in [0.2, 0.25) is 0 Å². The zero-order valence-electron chi connectivity index (χ0n) is 38.7. The van der Waals surface area contributed by atoms with Crippen LogP contribution < -0.4 is 0 Å². The monoisotopic (exact) mass is 976 g/mol. The van der Waals surface area contributed by atoms with Crippen molar-refractivity contribution in [2.24, 2.45) is 0 Å². The summed E-state index contributed by atoms with van der Waals surface area (Å²) in [5.41, 5.74) is 0. The lowest BCUT2D eigenvalue weighted by Gasteiger charge is -2.43. The minimum atomic E-state index is -5.39. The van der Waals surface area contributed by atoms with Gasteiger partial charge >= 0.3 is 27.6 Å². The maximum absolute atomic E-state index is 13.0. The van der Waals surface area contributed by atoms with E-state index in [-0.39, 0.29) is 12.8 Å². The molecule has 0 aromatic carbocycles. The van der Waals surface area contributed by atoms with Crippen molar-refractivity contribution in [3.63, 3.8) is 0 Å². The molecular weight excluding hydrogens is 898 g/mol. The molecule has 66 heavy (non-hydrogen) atoms. The average molecular weight is 977 g/mol. The van der Waals surface area contributed by atoms with Gasteiger partial charge in [-0.3, -0.25) is 23.2 Å². The van der Waals surface area contributed by atoms with Crippen LogP contribution in [0.4, 0.5) is 0 Å². The van der Waals surface area contributed by atoms with Crippen molar-refractivity contribution in [3.8, 4) is 0 Å². The molecule has 0 amide bonds. The molecule has 1 rings (SSSR count). The third-order valence-corrected chi connectivity index (χ3v) is 11.5. The molecule has 0 aromatic rings. The number of esters is 2. The first-order valence-electron chi connectivity index (χ1n) is 23.2. The summed E-state index contributed by atoms with van der Waals surface area (Å²) in [6, 6.07) is 0. The van der Waals surface area contributed by atoms with Crippen molar-refractivity contribution in [1.82, 2.24) is 0 Å². The summed E-state index contributed by atoms with van der Waals surface area (Å²) in [5, 5.41) is 51.4. The molecule has 0 heterocycles. The van der Waals surface area contributed by atoms with Crippen LogP contribution in [0, 0.1) is 0 Å². The molecule has 0 bridgehead atoms. The van der Waals surface area contributed by atoms with Gasteiger partial charge in [-0.15, -0.1) is 0 Å². The molecule has 17 nitrogen and oxygen atoms in total. The Morgan fingerprint density at radius 2 is 1.06 bits per heavy atom. The number of aliphatic hydroxyl groups excluding tert-OH is 5. The maximum Gasteiger partial charge on any atom is 0.472 e. The topological polar surface area (TPSA) is 276 Å². The van der Waals surface area contributed by atoms with E-state index in [9.17, 15) is 49.1 Å². The fraction of sp³-hybridized carbons (Fsp3) is 0.660. The molecule has 6 unspecified atom stereocenters. The second-order valence-corrected chi connectivity index (χ2v) is 18.6. The third-order valence-electron chi connectivity index (χ3n) is 10.0. The molecule has 0 aliphatic heterocycles. The summed E-state index contributed by atoms with van der Waals surface area (Å²) in [6.07, 6.45) is 27.1. The maximum atomic E-state index is 13.0. The Hall–Kier alpha value is -2.86. The summed E-state index contributed by atoms with van der Waals surface area (Å²) in [5.74, 6) is -1.39. The number of aliphatic hydroxyl groups is 5. The number of hydrogen-bond acceptors (Lipinski definition) is 14. The van der Waals surface area contributed by atoms with E-state index < -0.39 is 89.6 Å². The minimum Gasteiger partial charge on any atom is -0.462 e. The normalized spacial score (nSPS) is 22.8. The van der Waals surface area contributed by atoms with Crippen molar-refractivity contribution in [3.05, 3.63) is 85.1 Å². The number of rotatable bonds is 37. The highest BCUT2D eigenvalue weighted by molar-refractivity contribution is 7.47. The van der Waals surface area contributed by atoms with E-state index >= 15 is 0 Å². The van der Waals surface area contributed by atoms with Crippen molar-refractivity contribution < 1.29 is 82.0 Å². The highest BCUT2D eigenvalue weighted by Crippen LogP contribution is 2.49. The molecule has 0 saturated heterocycles. The number of ether oxygens (including phenoxy) is 2. The van der Waals surface area contributed by atoms with Gasteiger partial charge < -0.3 is 49.7 Å². The number of unbranched alkanes of at least 4 members (excludes halogenated alkanes) is 9. The summed E-state index contributed by atoms with van der Waals surface area (Å²) < 4.78 is 49.2. The van der Waals surface area contributed by atoms with Crippen LogP contribution in [0.3, 0.4) is 0 Å². The molecule has 1 fully saturated rings. The Kier molecular flexibility index (Phi) is 34.4. The number of carbonyl (C=O) groups is 2. The zero-order chi connectivity index (χ0) is 49.1. The van der Waals surface area contributed by atoms with Crippen LogP contribution in [0.2, 0.25) is 0 Å². The zero-order valence-corrected chi connectivity index (χ0v) is 40.5. The first-order valence-corrected chi connectivity index (χ1v) is 26.3. The number of phosphoric acid groups is 2. The summed E-state index contributed by atoms with van der Waals surface area (Å²) >= 11 is 0. The largest absolute Gasteiger partial charge is 0.472 e. The van der Waals surface area contributed by atoms with Gasteiger partial charge in [-0.2, -0.15) is 0 Å². The van der Waals surface area contributed by atoms with Crippen LogP contribution in [0.25, 0.3) is 0 Å². The van der Waals surface area contributed by atoms with Gasteiger partial charge in [-0.25, -0.2) is 9.13 Å². The predicted octanol–water partition coefficient (Wildman–Crippen LogP) is 7.58. The van der Waals surface area contributed by atoms with Gasteiger partial charge in [0.1, 0.15) is 43.2 Å². The van der Waals surface area contributed by atoms with Gasteiger partial charge in [0, 0.05) is 12.8 Å². The Morgan fingerprint density at radius 3 is 1.62 bits per heavy atom. The SMILES string of the molecule is CCCCC/C=C\C/C=C\C/C=C\CCCCC(=O)O[C@H](COC(=O)CCC/C=C/C=C\C(O)C/C=C\C/C=C\CCCCC)COP(=O)(O)O[C@H]1C(O)C(O)C(O)[C@@H](OP(=O)(O)O)C1O. The van der Waals surface area contributed by atoms with Crippen LogP contribution in [0.15, 0.2) is 85.1 Å². The minimum absolute atomic E-state index is 0.0272. The quantitative estimate of drug-likeness (QED) is 0.00979. The molecule has 0 spiro atoms. The van der Waals surface area contributed by atoms with Crippen LogP contribution in [0.5, 0.6) is 0 Å². The predicted molar refractivity (Wildman–Crippen MR) is 251 cm³/mol. The Labute approximate surface area is 391 Å². The van der Waals surface area contributed by atoms with E-state index in [1.54, 1.807) is 18.2 Å². The average Bonchev–Trinajstić information content (AvgIpc) is 3.27. The highest BCUT2D eigenvalue weighted by Gasteiger charge is 2.54. The fourth-order valence-electron chi connectivity index (χ4n) is 6.34. The Bertz CT molecular complexity index is 1620. The van der Waals surface area contributed by atoms with Crippen LogP contribution in [0.1, 0.15) is 136 Å². The van der Waals surface area contributed by atoms with Gasteiger partial charge in [0.05, 0.1) is 12.7 Å². The van der Waals surface area contributed by atoms with E-state index in [2.05, 4.69) is 54.8 Å². The molecule has 0 aromatic heterocycles. The molecule has 9 atom stereocenters. The van der Waals surface area contributed by atoms with Crippen LogP contribution in [-0.2, 0) is 41.8 Å². The van der Waals surface area contributed by atoms with Gasteiger partial charge in [-0.1, -0.05) is 125 Å². The third kappa shape index (κ3) is 31.2. The van der Waals surface area contributed by atoms with E-state index in [4.69, 9.17) is 28.3 Å². The first kappa shape index (κ1) is 61.2. The molecular formula is C47H78O17P2. The van der Waals surface area contributed by atoms with E-state index in [1.165, 1.54) is 38.5 Å². The van der Waals surface area contributed by atoms with Crippen LogP contribution >= 0.6 is 15.6 Å². The second-order valence-electron chi connectivity index (χ2n) is 16.0. The van der Waals surface area contributed by atoms with Gasteiger partial charge in [0.15, 0.2) is 6.10 Å². The first-order chi connectivity index (χ1) is 31.5. The fourth-order valence-corrected chi connectivity index (χ4v) is 7.88. The number of phosphoric ester groups is 2. The van der Waals surface area contributed by atoms with Gasteiger partial charge in [0.25, 0.3) is 0 Å². The van der Waals surface area contributed by atoms with E-state index in [1.807, 2.05) is 30.4 Å². The van der Waals surface area contributed by atoms with Crippen molar-refractivity contribution >= 4 is 27.6 Å². The molecule has 1 aliphatic carbocycles. The van der Waals surface area contributed by atoms with Crippen molar-refractivity contribution in [2.75, 3.05) is 13.2 Å². The smallest absolute Gasteiger partial charge is 0.462 e. The van der Waals surface area contributed by atoms with Gasteiger partial charge in [-0.05, 0) is 83.5 Å². The van der Waals surface area contributed by atoms with Crippen LogP contribution in [-0.4, -0.2) is 114 Å². The van der Waals surface area contributed by atoms with E-state index in [0.29, 0.717) is 38.5 Å². The number of allylic oxidation sites excluding steroid dienone is 12. The molecule has 1 aliphatic rings. The molecule has 8 N–H and O–H groups in total. The Balaban J connectivity index is 2.72. The molecule has 19 heteroatoms. The lowest BCUT2D eigenvalue weighted by atomic mass is 9.85. The lowest BCUT2D eigenvalue weighted by molar-refractivity contribution is -0.216.